The van der Waals surface area contributed by atoms with Gasteiger partial charge in [-0.2, -0.15) is 0 Å². The highest BCUT2D eigenvalue weighted by atomic mass is 19.1. The maximum atomic E-state index is 12.8. The van der Waals surface area contributed by atoms with Gasteiger partial charge in [-0.1, -0.05) is 44.7 Å². The van der Waals surface area contributed by atoms with Gasteiger partial charge in [0, 0.05) is 0 Å². The van der Waals surface area contributed by atoms with Crippen LogP contribution in [0.3, 0.4) is 0 Å². The average Bonchev–Trinajstić information content (AvgIpc) is 2.35. The van der Waals surface area contributed by atoms with Gasteiger partial charge in [0.1, 0.15) is 5.82 Å². The van der Waals surface area contributed by atoms with E-state index in [2.05, 4.69) is 6.92 Å². The van der Waals surface area contributed by atoms with Crippen LogP contribution in [-0.2, 0) is 6.42 Å². The monoisotopic (exact) mass is 237 g/mol. The van der Waals surface area contributed by atoms with E-state index >= 15 is 0 Å². The Bertz CT molecular complexity index is 294. The van der Waals surface area contributed by atoms with Gasteiger partial charge in [-0.15, -0.1) is 0 Å². The summed E-state index contributed by atoms with van der Waals surface area (Å²) in [5, 5.41) is 0. The second kappa shape index (κ2) is 8.24. The topological polar surface area (TPSA) is 26.0 Å². The molecule has 0 aliphatic heterocycles. The minimum absolute atomic E-state index is 0.166. The number of nitrogens with two attached hydrogens (primary N) is 1. The van der Waals surface area contributed by atoms with Crippen LogP contribution in [0.5, 0.6) is 0 Å². The minimum atomic E-state index is -0.166. The molecule has 0 bridgehead atoms. The van der Waals surface area contributed by atoms with Crippen LogP contribution in [0.1, 0.15) is 44.6 Å². The fourth-order valence-corrected chi connectivity index (χ4v) is 2.12. The largest absolute Gasteiger partial charge is 0.330 e. The van der Waals surface area contributed by atoms with E-state index in [4.69, 9.17) is 5.73 Å². The van der Waals surface area contributed by atoms with E-state index in [1.165, 1.54) is 49.8 Å². The lowest BCUT2D eigenvalue weighted by molar-refractivity contribution is 0.460. The normalized spacial score (nSPS) is 12.6. The summed E-state index contributed by atoms with van der Waals surface area (Å²) >= 11 is 0. The molecule has 0 heterocycles. The molecule has 2 N–H and O–H groups in total. The number of unbranched alkanes of at least 4 members (excludes halogenated alkanes) is 3. The van der Waals surface area contributed by atoms with Crippen LogP contribution >= 0.6 is 0 Å². The molecule has 96 valence electrons. The Hall–Kier alpha value is -0.890. The second-order valence-corrected chi connectivity index (χ2v) is 4.78. The molecule has 0 aliphatic rings. The zero-order chi connectivity index (χ0) is 12.5. The summed E-state index contributed by atoms with van der Waals surface area (Å²) in [5.41, 5.74) is 6.98. The number of halogens is 1. The Kier molecular flexibility index (Phi) is 6.87. The second-order valence-electron chi connectivity index (χ2n) is 4.78. The van der Waals surface area contributed by atoms with Crippen molar-refractivity contribution < 1.29 is 4.39 Å². The van der Waals surface area contributed by atoms with Crippen LogP contribution < -0.4 is 5.73 Å². The predicted molar refractivity (Wildman–Crippen MR) is 71.4 cm³/mol. The van der Waals surface area contributed by atoms with Crippen molar-refractivity contribution in [2.45, 2.75) is 45.4 Å². The number of rotatable bonds is 8. The molecule has 0 fully saturated rings. The highest BCUT2D eigenvalue weighted by molar-refractivity contribution is 5.16. The van der Waals surface area contributed by atoms with E-state index in [9.17, 15) is 4.39 Å². The summed E-state index contributed by atoms with van der Waals surface area (Å²) in [5.74, 6) is 0.373. The highest BCUT2D eigenvalue weighted by Gasteiger charge is 2.07. The fourth-order valence-electron chi connectivity index (χ4n) is 2.12. The Morgan fingerprint density at radius 1 is 1.12 bits per heavy atom. The molecule has 0 amide bonds. The Balaban J connectivity index is 2.33. The standard InChI is InChI=1S/C15H24FN/c1-2-3-4-5-6-14(12-17)11-13-7-9-15(16)10-8-13/h7-10,14H,2-6,11-12,17H2,1H3. The van der Waals surface area contributed by atoms with Gasteiger partial charge in [-0.3, -0.25) is 0 Å². The van der Waals surface area contributed by atoms with Crippen LogP contribution in [0.25, 0.3) is 0 Å². The van der Waals surface area contributed by atoms with Gasteiger partial charge in [0.05, 0.1) is 0 Å². The van der Waals surface area contributed by atoms with Crippen molar-refractivity contribution in [3.8, 4) is 0 Å². The molecule has 2 heteroatoms. The van der Waals surface area contributed by atoms with Crippen molar-refractivity contribution in [2.24, 2.45) is 11.7 Å². The van der Waals surface area contributed by atoms with Gasteiger partial charge in [0.25, 0.3) is 0 Å². The lowest BCUT2D eigenvalue weighted by Crippen LogP contribution is -2.16. The molecular weight excluding hydrogens is 213 g/mol. The van der Waals surface area contributed by atoms with Crippen LogP contribution in [0.4, 0.5) is 4.39 Å². The van der Waals surface area contributed by atoms with E-state index in [-0.39, 0.29) is 5.82 Å². The van der Waals surface area contributed by atoms with Crippen molar-refractivity contribution in [1.29, 1.82) is 0 Å². The van der Waals surface area contributed by atoms with Crippen LogP contribution in [0.2, 0.25) is 0 Å². The van der Waals surface area contributed by atoms with Gasteiger partial charge in [0.2, 0.25) is 0 Å². The van der Waals surface area contributed by atoms with Gasteiger partial charge in [-0.25, -0.2) is 4.39 Å². The first-order valence-corrected chi connectivity index (χ1v) is 6.70. The van der Waals surface area contributed by atoms with E-state index < -0.39 is 0 Å². The van der Waals surface area contributed by atoms with E-state index in [0.29, 0.717) is 5.92 Å². The smallest absolute Gasteiger partial charge is 0.123 e. The predicted octanol–water partition coefficient (Wildman–Crippen LogP) is 3.91. The van der Waals surface area contributed by atoms with Gasteiger partial charge in [0.15, 0.2) is 0 Å². The summed E-state index contributed by atoms with van der Waals surface area (Å²) in [4.78, 5) is 0. The average molecular weight is 237 g/mol. The van der Waals surface area contributed by atoms with Gasteiger partial charge < -0.3 is 5.73 Å². The maximum absolute atomic E-state index is 12.8. The van der Waals surface area contributed by atoms with Gasteiger partial charge in [-0.05, 0) is 43.0 Å². The maximum Gasteiger partial charge on any atom is 0.123 e. The SMILES string of the molecule is CCCCCCC(CN)Cc1ccc(F)cc1. The molecule has 0 saturated carbocycles. The van der Waals surface area contributed by atoms with E-state index in [0.717, 1.165) is 13.0 Å². The molecule has 1 nitrogen and oxygen atoms in total. The lowest BCUT2D eigenvalue weighted by Gasteiger charge is -2.14. The third-order valence-electron chi connectivity index (χ3n) is 3.24. The summed E-state index contributed by atoms with van der Waals surface area (Å²) in [6, 6.07) is 6.79. The van der Waals surface area contributed by atoms with E-state index in [1.807, 2.05) is 12.1 Å². The quantitative estimate of drug-likeness (QED) is 0.681. The first-order chi connectivity index (χ1) is 8.26. The third kappa shape index (κ3) is 5.83. The van der Waals surface area contributed by atoms with Crippen LogP contribution in [0.15, 0.2) is 24.3 Å². The Morgan fingerprint density at radius 3 is 2.41 bits per heavy atom. The molecule has 0 spiro atoms. The van der Waals surface area contributed by atoms with E-state index in [1.54, 1.807) is 0 Å². The van der Waals surface area contributed by atoms with Crippen molar-refractivity contribution in [3.05, 3.63) is 35.6 Å². The Labute approximate surface area is 104 Å². The number of benzene rings is 1. The highest BCUT2D eigenvalue weighted by Crippen LogP contribution is 2.16. The van der Waals surface area contributed by atoms with Crippen molar-refractivity contribution in [3.63, 3.8) is 0 Å². The molecule has 0 aromatic heterocycles. The first kappa shape index (κ1) is 14.2. The summed E-state index contributed by atoms with van der Waals surface area (Å²) < 4.78 is 12.8. The minimum Gasteiger partial charge on any atom is -0.330 e. The molecule has 0 radical (unpaired) electrons. The Morgan fingerprint density at radius 2 is 1.82 bits per heavy atom. The zero-order valence-electron chi connectivity index (χ0n) is 10.8. The van der Waals surface area contributed by atoms with Gasteiger partial charge >= 0.3 is 0 Å². The molecule has 0 aliphatic carbocycles. The zero-order valence-corrected chi connectivity index (χ0v) is 10.8. The van der Waals surface area contributed by atoms with Crippen molar-refractivity contribution in [2.75, 3.05) is 6.54 Å². The molecule has 1 atom stereocenters. The number of hydrogen-bond donors (Lipinski definition) is 1. The molecule has 1 aromatic rings. The van der Waals surface area contributed by atoms with Crippen LogP contribution in [0, 0.1) is 11.7 Å². The van der Waals surface area contributed by atoms with Crippen molar-refractivity contribution in [1.82, 2.24) is 0 Å². The molecule has 1 unspecified atom stereocenters. The molecule has 1 aromatic carbocycles. The third-order valence-corrected chi connectivity index (χ3v) is 3.24. The fraction of sp³-hybridized carbons (Fsp3) is 0.600. The molecule has 17 heavy (non-hydrogen) atoms. The lowest BCUT2D eigenvalue weighted by atomic mass is 9.93. The summed E-state index contributed by atoms with van der Waals surface area (Å²) in [6.07, 6.45) is 7.31. The van der Waals surface area contributed by atoms with Crippen LogP contribution in [-0.4, -0.2) is 6.54 Å². The first-order valence-electron chi connectivity index (χ1n) is 6.70. The molecule has 0 saturated heterocycles. The molecule has 1 rings (SSSR count). The molecular formula is C15H24FN. The van der Waals surface area contributed by atoms with Crippen molar-refractivity contribution >= 4 is 0 Å². The summed E-state index contributed by atoms with van der Waals surface area (Å²) in [6.45, 7) is 2.95. The summed E-state index contributed by atoms with van der Waals surface area (Å²) in [7, 11) is 0. The number of hydrogen-bond acceptors (Lipinski definition) is 1.